The van der Waals surface area contributed by atoms with Crippen LogP contribution in [0.4, 0.5) is 0 Å². The minimum absolute atomic E-state index is 0.0505. The zero-order valence-electron chi connectivity index (χ0n) is 12.7. The van der Waals surface area contributed by atoms with E-state index >= 15 is 0 Å². The second-order valence-electron chi connectivity index (χ2n) is 5.54. The predicted molar refractivity (Wildman–Crippen MR) is 87.9 cm³/mol. The maximum atomic E-state index is 9.86. The van der Waals surface area contributed by atoms with Gasteiger partial charge >= 0.3 is 0 Å². The van der Waals surface area contributed by atoms with Gasteiger partial charge in [-0.05, 0) is 18.1 Å². The van der Waals surface area contributed by atoms with Gasteiger partial charge < -0.3 is 9.67 Å². The van der Waals surface area contributed by atoms with Gasteiger partial charge in [0.05, 0.1) is 12.5 Å². The van der Waals surface area contributed by atoms with E-state index in [1.807, 2.05) is 24.4 Å². The fourth-order valence-corrected chi connectivity index (χ4v) is 2.68. The average Bonchev–Trinajstić information content (AvgIpc) is 2.99. The van der Waals surface area contributed by atoms with E-state index in [1.165, 1.54) is 11.1 Å². The molecule has 1 heterocycles. The summed E-state index contributed by atoms with van der Waals surface area (Å²) in [7, 11) is 0. The Morgan fingerprint density at radius 2 is 1.77 bits per heavy atom. The van der Waals surface area contributed by atoms with Gasteiger partial charge in [-0.2, -0.15) is 0 Å². The number of nitrogens with zero attached hydrogens (tertiary/aromatic N) is 2. The molecule has 1 unspecified atom stereocenters. The Labute approximate surface area is 130 Å². The summed E-state index contributed by atoms with van der Waals surface area (Å²) in [6.07, 6.45) is 3.77. The number of rotatable bonds is 5. The normalized spacial score (nSPS) is 12.3. The molecule has 3 nitrogen and oxygen atoms in total. The average molecular weight is 292 g/mol. The van der Waals surface area contributed by atoms with Crippen molar-refractivity contribution in [3.63, 3.8) is 0 Å². The molecule has 0 radical (unpaired) electrons. The Morgan fingerprint density at radius 1 is 1.05 bits per heavy atom. The monoisotopic (exact) mass is 292 g/mol. The van der Waals surface area contributed by atoms with E-state index in [0.717, 1.165) is 17.9 Å². The molecule has 22 heavy (non-hydrogen) atoms. The third-order valence-electron chi connectivity index (χ3n) is 3.92. The molecule has 0 fully saturated rings. The summed E-state index contributed by atoms with van der Waals surface area (Å²) in [4.78, 5) is 4.49. The van der Waals surface area contributed by atoms with E-state index in [-0.39, 0.29) is 12.5 Å². The Balaban J connectivity index is 1.90. The molecule has 0 aliphatic rings. The molecule has 3 rings (SSSR count). The molecule has 0 aliphatic carbocycles. The summed E-state index contributed by atoms with van der Waals surface area (Å²) in [5, 5.41) is 9.86. The van der Waals surface area contributed by atoms with Crippen molar-refractivity contribution in [3.05, 3.63) is 89.5 Å². The summed E-state index contributed by atoms with van der Waals surface area (Å²) in [5.41, 5.74) is 3.53. The quantitative estimate of drug-likeness (QED) is 0.783. The van der Waals surface area contributed by atoms with Gasteiger partial charge in [0.2, 0.25) is 0 Å². The third kappa shape index (κ3) is 3.10. The maximum absolute atomic E-state index is 9.86. The number of aryl methyl sites for hydroxylation is 1. The molecule has 112 valence electrons. The highest BCUT2D eigenvalue weighted by atomic mass is 16.3. The van der Waals surface area contributed by atoms with Gasteiger partial charge in [-0.15, -0.1) is 0 Å². The summed E-state index contributed by atoms with van der Waals surface area (Å²) in [6.45, 7) is 2.88. The molecule has 0 saturated heterocycles. The number of benzene rings is 2. The van der Waals surface area contributed by atoms with Crippen LogP contribution in [0.1, 0.15) is 28.4 Å². The van der Waals surface area contributed by atoms with E-state index < -0.39 is 0 Å². The van der Waals surface area contributed by atoms with Crippen molar-refractivity contribution in [3.8, 4) is 0 Å². The third-order valence-corrected chi connectivity index (χ3v) is 3.92. The number of hydrogen-bond donors (Lipinski definition) is 1. The van der Waals surface area contributed by atoms with Crippen LogP contribution in [-0.4, -0.2) is 21.3 Å². The van der Waals surface area contributed by atoms with Crippen molar-refractivity contribution in [2.75, 3.05) is 6.61 Å². The fourth-order valence-electron chi connectivity index (χ4n) is 2.68. The summed E-state index contributed by atoms with van der Waals surface area (Å²) in [5.74, 6) is 0.800. The SMILES string of the molecule is Cc1ccc(C(CO)c2nccn2Cc2ccccc2)cc1. The lowest BCUT2D eigenvalue weighted by atomic mass is 9.98. The Kier molecular flexibility index (Phi) is 4.35. The lowest BCUT2D eigenvalue weighted by Gasteiger charge is -2.17. The molecule has 0 amide bonds. The Bertz CT molecular complexity index is 717. The van der Waals surface area contributed by atoms with Crippen molar-refractivity contribution in [1.82, 2.24) is 9.55 Å². The topological polar surface area (TPSA) is 38.1 Å². The van der Waals surface area contributed by atoms with Crippen LogP contribution >= 0.6 is 0 Å². The van der Waals surface area contributed by atoms with Crippen molar-refractivity contribution >= 4 is 0 Å². The lowest BCUT2D eigenvalue weighted by Crippen LogP contribution is -2.14. The van der Waals surface area contributed by atoms with Crippen LogP contribution in [0.5, 0.6) is 0 Å². The van der Waals surface area contributed by atoms with Gasteiger partial charge in [-0.25, -0.2) is 4.98 Å². The molecular formula is C19H20N2O. The summed E-state index contributed by atoms with van der Waals surface area (Å²) < 4.78 is 2.11. The van der Waals surface area contributed by atoms with Crippen LogP contribution in [0.3, 0.4) is 0 Å². The van der Waals surface area contributed by atoms with Crippen LogP contribution in [0.2, 0.25) is 0 Å². The molecule has 3 heteroatoms. The largest absolute Gasteiger partial charge is 0.395 e. The van der Waals surface area contributed by atoms with Crippen molar-refractivity contribution in [1.29, 1.82) is 0 Å². The standard InChI is InChI=1S/C19H20N2O/c1-15-7-9-17(10-8-15)18(14-22)19-20-11-12-21(19)13-16-5-3-2-4-6-16/h2-12,18,22H,13-14H2,1H3. The van der Waals surface area contributed by atoms with E-state index in [1.54, 1.807) is 6.20 Å². The smallest absolute Gasteiger partial charge is 0.118 e. The number of imidazole rings is 1. The zero-order valence-corrected chi connectivity index (χ0v) is 12.7. The number of aliphatic hydroxyl groups excluding tert-OH is 1. The van der Waals surface area contributed by atoms with E-state index in [0.29, 0.717) is 0 Å². The molecule has 1 N–H and O–H groups in total. The van der Waals surface area contributed by atoms with Crippen molar-refractivity contribution in [2.24, 2.45) is 0 Å². The molecule has 1 aromatic heterocycles. The molecule has 3 aromatic rings. The first kappa shape index (κ1) is 14.5. The number of aromatic nitrogens is 2. The Morgan fingerprint density at radius 3 is 2.45 bits per heavy atom. The maximum Gasteiger partial charge on any atom is 0.118 e. The highest BCUT2D eigenvalue weighted by molar-refractivity contribution is 5.29. The van der Waals surface area contributed by atoms with Gasteiger partial charge in [-0.3, -0.25) is 0 Å². The van der Waals surface area contributed by atoms with Crippen LogP contribution in [-0.2, 0) is 6.54 Å². The van der Waals surface area contributed by atoms with Crippen molar-refractivity contribution < 1.29 is 5.11 Å². The first-order chi connectivity index (χ1) is 10.8. The minimum atomic E-state index is -0.0979. The minimum Gasteiger partial charge on any atom is -0.395 e. The van der Waals surface area contributed by atoms with E-state index in [9.17, 15) is 5.11 Å². The highest BCUT2D eigenvalue weighted by Gasteiger charge is 2.18. The van der Waals surface area contributed by atoms with E-state index in [2.05, 4.69) is 52.9 Å². The zero-order chi connectivity index (χ0) is 15.4. The highest BCUT2D eigenvalue weighted by Crippen LogP contribution is 2.24. The van der Waals surface area contributed by atoms with Crippen LogP contribution in [0.15, 0.2) is 67.0 Å². The second-order valence-corrected chi connectivity index (χ2v) is 5.54. The van der Waals surface area contributed by atoms with Gasteiger partial charge in [0, 0.05) is 18.9 Å². The summed E-state index contributed by atoms with van der Waals surface area (Å²) >= 11 is 0. The predicted octanol–water partition coefficient (Wildman–Crippen LogP) is 3.36. The van der Waals surface area contributed by atoms with E-state index in [4.69, 9.17) is 0 Å². The molecule has 2 aromatic carbocycles. The van der Waals surface area contributed by atoms with Gasteiger partial charge in [0.25, 0.3) is 0 Å². The van der Waals surface area contributed by atoms with Gasteiger partial charge in [-0.1, -0.05) is 60.2 Å². The van der Waals surface area contributed by atoms with Gasteiger partial charge in [0.15, 0.2) is 0 Å². The molecule has 0 aliphatic heterocycles. The fraction of sp³-hybridized carbons (Fsp3) is 0.211. The second kappa shape index (κ2) is 6.58. The molecule has 0 spiro atoms. The first-order valence-electron chi connectivity index (χ1n) is 7.50. The van der Waals surface area contributed by atoms with Gasteiger partial charge in [0.1, 0.15) is 5.82 Å². The molecule has 1 atom stereocenters. The van der Waals surface area contributed by atoms with Crippen molar-refractivity contribution in [2.45, 2.75) is 19.4 Å². The molecule has 0 bridgehead atoms. The van der Waals surface area contributed by atoms with Crippen LogP contribution in [0.25, 0.3) is 0 Å². The first-order valence-corrected chi connectivity index (χ1v) is 7.50. The van der Waals surface area contributed by atoms with Crippen LogP contribution < -0.4 is 0 Å². The lowest BCUT2D eigenvalue weighted by molar-refractivity contribution is 0.274. The number of aliphatic hydroxyl groups is 1. The molecular weight excluding hydrogens is 272 g/mol. The summed E-state index contributed by atoms with van der Waals surface area (Å²) in [6, 6.07) is 18.6. The molecule has 0 saturated carbocycles. The Hall–Kier alpha value is -2.39. The number of hydrogen-bond acceptors (Lipinski definition) is 2. The van der Waals surface area contributed by atoms with Crippen LogP contribution in [0, 0.1) is 6.92 Å².